The second-order valence-electron chi connectivity index (χ2n) is 5.15. The molecule has 5 heteroatoms. The van der Waals surface area contributed by atoms with E-state index in [1.807, 2.05) is 13.1 Å². The maximum Gasteiger partial charge on any atom is 0.224 e. The molecule has 1 aromatic heterocycles. The first-order valence-electron chi connectivity index (χ1n) is 7.21. The smallest absolute Gasteiger partial charge is 0.224 e. The van der Waals surface area contributed by atoms with Gasteiger partial charge in [-0.15, -0.1) is 0 Å². The number of aliphatic hydroxyl groups excluding tert-OH is 1. The lowest BCUT2D eigenvalue weighted by molar-refractivity contribution is 0.239. The van der Waals surface area contributed by atoms with Crippen molar-refractivity contribution >= 4 is 11.8 Å². The van der Waals surface area contributed by atoms with E-state index in [4.69, 9.17) is 0 Å². The van der Waals surface area contributed by atoms with Crippen molar-refractivity contribution in [3.63, 3.8) is 0 Å². The molecule has 1 aromatic rings. The number of nitrogens with zero attached hydrogens (tertiary/aromatic N) is 3. The van der Waals surface area contributed by atoms with Crippen molar-refractivity contribution in [3.05, 3.63) is 11.8 Å². The van der Waals surface area contributed by atoms with Crippen molar-refractivity contribution in [2.24, 2.45) is 0 Å². The van der Waals surface area contributed by atoms with Gasteiger partial charge in [-0.1, -0.05) is 6.92 Å². The first-order valence-corrected chi connectivity index (χ1v) is 7.21. The molecule has 1 saturated heterocycles. The van der Waals surface area contributed by atoms with Crippen molar-refractivity contribution in [2.45, 2.75) is 45.6 Å². The number of aromatic nitrogens is 2. The Hall–Kier alpha value is -1.36. The molecule has 1 atom stereocenters. The summed E-state index contributed by atoms with van der Waals surface area (Å²) in [5.74, 6) is 1.65. The fourth-order valence-electron chi connectivity index (χ4n) is 2.51. The summed E-state index contributed by atoms with van der Waals surface area (Å²) in [6.45, 7) is 6.19. The van der Waals surface area contributed by atoms with E-state index in [1.165, 1.54) is 6.42 Å². The van der Waals surface area contributed by atoms with Gasteiger partial charge in [0.1, 0.15) is 5.82 Å². The molecule has 19 heavy (non-hydrogen) atoms. The third kappa shape index (κ3) is 3.35. The van der Waals surface area contributed by atoms with E-state index in [9.17, 15) is 5.11 Å². The Kier molecular flexibility index (Phi) is 4.96. The van der Waals surface area contributed by atoms with Crippen LogP contribution in [-0.2, 0) is 0 Å². The van der Waals surface area contributed by atoms with E-state index < -0.39 is 0 Å². The molecule has 1 unspecified atom stereocenters. The van der Waals surface area contributed by atoms with E-state index >= 15 is 0 Å². The molecule has 0 aromatic carbocycles. The van der Waals surface area contributed by atoms with Crippen LogP contribution in [-0.4, -0.2) is 40.8 Å². The van der Waals surface area contributed by atoms with Gasteiger partial charge < -0.3 is 15.3 Å². The Bertz CT molecular complexity index is 410. The molecule has 2 rings (SSSR count). The van der Waals surface area contributed by atoms with Gasteiger partial charge in [0.15, 0.2) is 0 Å². The highest BCUT2D eigenvalue weighted by atomic mass is 16.3. The monoisotopic (exact) mass is 264 g/mol. The molecule has 0 bridgehead atoms. The summed E-state index contributed by atoms with van der Waals surface area (Å²) in [5.41, 5.74) is 1.07. The molecule has 106 valence electrons. The van der Waals surface area contributed by atoms with E-state index in [0.29, 0.717) is 5.95 Å². The van der Waals surface area contributed by atoms with Crippen LogP contribution in [0.4, 0.5) is 11.8 Å². The first-order chi connectivity index (χ1) is 9.26. The average molecular weight is 264 g/mol. The minimum atomic E-state index is 0.196. The van der Waals surface area contributed by atoms with Gasteiger partial charge in [0, 0.05) is 24.8 Å². The Morgan fingerprint density at radius 1 is 1.47 bits per heavy atom. The number of rotatable bonds is 5. The predicted molar refractivity (Wildman–Crippen MR) is 77.6 cm³/mol. The second-order valence-corrected chi connectivity index (χ2v) is 5.15. The van der Waals surface area contributed by atoms with Crippen LogP contribution in [0.5, 0.6) is 0 Å². The zero-order chi connectivity index (χ0) is 13.7. The average Bonchev–Trinajstić information content (AvgIpc) is 2.46. The molecule has 0 aliphatic carbocycles. The Morgan fingerprint density at radius 3 is 3.05 bits per heavy atom. The van der Waals surface area contributed by atoms with E-state index in [2.05, 4.69) is 27.1 Å². The quantitative estimate of drug-likeness (QED) is 0.851. The molecule has 0 spiro atoms. The Morgan fingerprint density at radius 2 is 2.32 bits per heavy atom. The number of hydrogen-bond donors (Lipinski definition) is 2. The zero-order valence-corrected chi connectivity index (χ0v) is 11.9. The van der Waals surface area contributed by atoms with E-state index in [0.717, 1.165) is 43.7 Å². The first kappa shape index (κ1) is 14.1. The van der Waals surface area contributed by atoms with E-state index in [-0.39, 0.29) is 12.6 Å². The lowest BCUT2D eigenvalue weighted by Gasteiger charge is -2.36. The van der Waals surface area contributed by atoms with Crippen LogP contribution in [0.2, 0.25) is 0 Å². The van der Waals surface area contributed by atoms with Crippen molar-refractivity contribution in [2.75, 3.05) is 29.9 Å². The third-order valence-electron chi connectivity index (χ3n) is 3.59. The molecule has 0 radical (unpaired) electrons. The highest BCUT2D eigenvalue weighted by Gasteiger charge is 2.24. The number of anilines is 2. The van der Waals surface area contributed by atoms with Crippen molar-refractivity contribution in [3.8, 4) is 0 Å². The Labute approximate surface area is 115 Å². The maximum absolute atomic E-state index is 9.52. The highest BCUT2D eigenvalue weighted by molar-refractivity contribution is 5.50. The molecule has 2 N–H and O–H groups in total. The van der Waals surface area contributed by atoms with E-state index in [1.54, 1.807) is 0 Å². The number of aryl methyl sites for hydroxylation is 1. The summed E-state index contributed by atoms with van der Waals surface area (Å²) in [7, 11) is 0. The van der Waals surface area contributed by atoms with Crippen molar-refractivity contribution in [1.29, 1.82) is 0 Å². The lowest BCUT2D eigenvalue weighted by atomic mass is 10.0. The summed E-state index contributed by atoms with van der Waals surface area (Å²) in [6.07, 6.45) is 6.31. The molecular formula is C14H24N4O. The number of aliphatic hydroxyl groups is 1. The van der Waals surface area contributed by atoms with Crippen LogP contribution < -0.4 is 10.2 Å². The molecule has 1 aliphatic rings. The lowest BCUT2D eigenvalue weighted by Crippen LogP contribution is -2.42. The third-order valence-corrected chi connectivity index (χ3v) is 3.59. The summed E-state index contributed by atoms with van der Waals surface area (Å²) in [4.78, 5) is 11.2. The Balaban J connectivity index is 2.21. The van der Waals surface area contributed by atoms with Gasteiger partial charge in [-0.3, -0.25) is 0 Å². The minimum Gasteiger partial charge on any atom is -0.394 e. The summed E-state index contributed by atoms with van der Waals surface area (Å²) in [5, 5.41) is 12.7. The van der Waals surface area contributed by atoms with Gasteiger partial charge in [0.25, 0.3) is 0 Å². The van der Waals surface area contributed by atoms with Gasteiger partial charge in [0.2, 0.25) is 5.95 Å². The summed E-state index contributed by atoms with van der Waals surface area (Å²) >= 11 is 0. The van der Waals surface area contributed by atoms with Crippen LogP contribution in [0.15, 0.2) is 6.20 Å². The molecule has 1 aliphatic heterocycles. The fourth-order valence-corrected chi connectivity index (χ4v) is 2.51. The van der Waals surface area contributed by atoms with Crippen LogP contribution in [0.1, 0.15) is 38.2 Å². The topological polar surface area (TPSA) is 61.3 Å². The SMILES string of the molecule is CCCNc1ncc(C)c(N2CCCCC2CO)n1. The van der Waals surface area contributed by atoms with Gasteiger partial charge in [-0.25, -0.2) is 4.98 Å². The fraction of sp³-hybridized carbons (Fsp3) is 0.714. The van der Waals surface area contributed by atoms with Crippen molar-refractivity contribution in [1.82, 2.24) is 9.97 Å². The normalized spacial score (nSPS) is 19.5. The summed E-state index contributed by atoms with van der Waals surface area (Å²) < 4.78 is 0. The molecule has 2 heterocycles. The zero-order valence-electron chi connectivity index (χ0n) is 11.9. The van der Waals surface area contributed by atoms with Gasteiger partial charge >= 0.3 is 0 Å². The van der Waals surface area contributed by atoms with Crippen LogP contribution in [0, 0.1) is 6.92 Å². The predicted octanol–water partition coefficient (Wildman–Crippen LogP) is 1.96. The number of piperidine rings is 1. The number of hydrogen-bond acceptors (Lipinski definition) is 5. The van der Waals surface area contributed by atoms with Crippen LogP contribution >= 0.6 is 0 Å². The van der Waals surface area contributed by atoms with Gasteiger partial charge in [-0.05, 0) is 32.6 Å². The largest absolute Gasteiger partial charge is 0.394 e. The highest BCUT2D eigenvalue weighted by Crippen LogP contribution is 2.26. The standard InChI is InChI=1S/C14H24N4O/c1-3-7-15-14-16-9-11(2)13(17-14)18-8-5-4-6-12(18)10-19/h9,12,19H,3-8,10H2,1-2H3,(H,15,16,17). The molecule has 0 saturated carbocycles. The van der Waals surface area contributed by atoms with Crippen LogP contribution in [0.25, 0.3) is 0 Å². The maximum atomic E-state index is 9.52. The molecular weight excluding hydrogens is 240 g/mol. The van der Waals surface area contributed by atoms with Crippen LogP contribution in [0.3, 0.4) is 0 Å². The van der Waals surface area contributed by atoms with Gasteiger partial charge in [-0.2, -0.15) is 4.98 Å². The molecule has 0 amide bonds. The molecule has 5 nitrogen and oxygen atoms in total. The minimum absolute atomic E-state index is 0.196. The second kappa shape index (κ2) is 6.70. The molecule has 1 fully saturated rings. The van der Waals surface area contributed by atoms with Gasteiger partial charge in [0.05, 0.1) is 12.6 Å². The number of nitrogens with one attached hydrogen (secondary N) is 1. The van der Waals surface area contributed by atoms with Crippen molar-refractivity contribution < 1.29 is 5.11 Å². The summed E-state index contributed by atoms with van der Waals surface area (Å²) in [6, 6.07) is 0.196.